The quantitative estimate of drug-likeness (QED) is 0.618. The van der Waals surface area contributed by atoms with Crippen LogP contribution in [0.2, 0.25) is 15.1 Å². The largest absolute Gasteiger partial charge is 0.363 e. The van der Waals surface area contributed by atoms with E-state index in [0.717, 1.165) is 29.9 Å². The van der Waals surface area contributed by atoms with Crippen molar-refractivity contribution in [3.8, 4) is 5.69 Å². The minimum Gasteiger partial charge on any atom is -0.363 e. The van der Waals surface area contributed by atoms with Crippen LogP contribution in [0.15, 0.2) is 35.4 Å². The fourth-order valence-corrected chi connectivity index (χ4v) is 3.93. The molecule has 0 saturated carbocycles. The number of aromatic nitrogens is 4. The van der Waals surface area contributed by atoms with E-state index in [0.29, 0.717) is 34.5 Å². The predicted octanol–water partition coefficient (Wildman–Crippen LogP) is 4.11. The summed E-state index contributed by atoms with van der Waals surface area (Å²) in [5.74, 6) is 0.803. The third-order valence-electron chi connectivity index (χ3n) is 4.69. The SMILES string of the molecule is CCc1ncc2c(n1)CN(c1cnn(-c3ccc(Cl)cc3Cl)c(=O)c1Cl)CC2. The Morgan fingerprint density at radius 2 is 1.96 bits per heavy atom. The standard InChI is InChI=1S/C19H16Cl3N5O/c1-2-17-23-8-11-5-6-26(10-14(11)25-17)16-9-24-27(19(28)18(16)22)15-4-3-12(20)7-13(15)21/h3-4,7-9H,2,5-6,10H2,1H3. The number of nitrogens with zero attached hydrogens (tertiary/aromatic N) is 5. The number of aryl methyl sites for hydroxylation is 1. The molecule has 0 N–H and O–H groups in total. The monoisotopic (exact) mass is 435 g/mol. The Bertz CT molecular complexity index is 1120. The van der Waals surface area contributed by atoms with Crippen LogP contribution in [0.4, 0.5) is 5.69 Å². The second-order valence-electron chi connectivity index (χ2n) is 6.44. The second kappa shape index (κ2) is 7.70. The number of hydrogen-bond donors (Lipinski definition) is 0. The van der Waals surface area contributed by atoms with Gasteiger partial charge in [-0.1, -0.05) is 41.7 Å². The van der Waals surface area contributed by atoms with Crippen molar-refractivity contribution in [2.24, 2.45) is 0 Å². The molecule has 0 saturated heterocycles. The molecule has 1 aliphatic rings. The van der Waals surface area contributed by atoms with Gasteiger partial charge in [0, 0.05) is 24.2 Å². The van der Waals surface area contributed by atoms with E-state index in [1.165, 1.54) is 4.68 Å². The highest BCUT2D eigenvalue weighted by atomic mass is 35.5. The zero-order valence-corrected chi connectivity index (χ0v) is 17.3. The number of anilines is 1. The predicted molar refractivity (Wildman–Crippen MR) is 111 cm³/mol. The topological polar surface area (TPSA) is 63.9 Å². The average Bonchev–Trinajstić information content (AvgIpc) is 2.70. The molecule has 0 atom stereocenters. The van der Waals surface area contributed by atoms with Crippen LogP contribution in [-0.4, -0.2) is 26.3 Å². The number of rotatable bonds is 3. The summed E-state index contributed by atoms with van der Waals surface area (Å²) in [7, 11) is 0. The molecule has 3 aromatic rings. The minimum atomic E-state index is -0.439. The van der Waals surface area contributed by atoms with Gasteiger partial charge >= 0.3 is 0 Å². The lowest BCUT2D eigenvalue weighted by Gasteiger charge is -2.30. The molecule has 4 rings (SSSR count). The number of fused-ring (bicyclic) bond motifs is 1. The highest BCUT2D eigenvalue weighted by Crippen LogP contribution is 2.28. The molecule has 0 bridgehead atoms. The average molecular weight is 437 g/mol. The summed E-state index contributed by atoms with van der Waals surface area (Å²) in [5, 5.41) is 5.17. The molecule has 0 spiro atoms. The maximum atomic E-state index is 12.8. The summed E-state index contributed by atoms with van der Waals surface area (Å²) in [6, 6.07) is 4.83. The van der Waals surface area contributed by atoms with E-state index in [4.69, 9.17) is 34.8 Å². The van der Waals surface area contributed by atoms with Crippen molar-refractivity contribution in [3.05, 3.63) is 73.1 Å². The van der Waals surface area contributed by atoms with Gasteiger partial charge in [0.05, 0.1) is 34.8 Å². The van der Waals surface area contributed by atoms with Crippen molar-refractivity contribution >= 4 is 40.5 Å². The Balaban J connectivity index is 1.70. The summed E-state index contributed by atoms with van der Waals surface area (Å²) in [6.07, 6.45) is 5.02. The third-order valence-corrected chi connectivity index (χ3v) is 5.58. The van der Waals surface area contributed by atoms with Crippen LogP contribution >= 0.6 is 34.8 Å². The van der Waals surface area contributed by atoms with Crippen LogP contribution in [0, 0.1) is 0 Å². The molecule has 28 heavy (non-hydrogen) atoms. The Morgan fingerprint density at radius 1 is 1.14 bits per heavy atom. The zero-order valence-electron chi connectivity index (χ0n) is 15.0. The van der Waals surface area contributed by atoms with E-state index in [1.807, 2.05) is 18.0 Å². The second-order valence-corrected chi connectivity index (χ2v) is 7.66. The first-order valence-corrected chi connectivity index (χ1v) is 9.93. The van der Waals surface area contributed by atoms with E-state index < -0.39 is 5.56 Å². The van der Waals surface area contributed by atoms with Crippen LogP contribution in [0.25, 0.3) is 5.69 Å². The fraction of sp³-hybridized carbons (Fsp3) is 0.263. The fourth-order valence-electron chi connectivity index (χ4n) is 3.19. The number of benzene rings is 1. The molecule has 0 aliphatic carbocycles. The van der Waals surface area contributed by atoms with Gasteiger partial charge in [-0.3, -0.25) is 4.79 Å². The normalized spacial score (nSPS) is 13.5. The van der Waals surface area contributed by atoms with Gasteiger partial charge in [0.1, 0.15) is 10.8 Å². The Morgan fingerprint density at radius 3 is 2.71 bits per heavy atom. The molecule has 0 radical (unpaired) electrons. The van der Waals surface area contributed by atoms with E-state index in [1.54, 1.807) is 24.4 Å². The molecule has 0 unspecified atom stereocenters. The summed E-state index contributed by atoms with van der Waals surface area (Å²) in [4.78, 5) is 23.8. The van der Waals surface area contributed by atoms with E-state index in [-0.39, 0.29) is 5.02 Å². The molecule has 2 aromatic heterocycles. The Kier molecular flexibility index (Phi) is 5.27. The molecular formula is C19H16Cl3N5O. The molecular weight excluding hydrogens is 421 g/mol. The lowest BCUT2D eigenvalue weighted by Crippen LogP contribution is -2.34. The van der Waals surface area contributed by atoms with Crippen LogP contribution < -0.4 is 10.5 Å². The van der Waals surface area contributed by atoms with Crippen LogP contribution in [0.1, 0.15) is 24.0 Å². The molecule has 144 valence electrons. The van der Waals surface area contributed by atoms with Gasteiger partial charge < -0.3 is 4.90 Å². The van der Waals surface area contributed by atoms with E-state index in [2.05, 4.69) is 15.1 Å². The lowest BCUT2D eigenvalue weighted by atomic mass is 10.1. The summed E-state index contributed by atoms with van der Waals surface area (Å²) >= 11 is 18.6. The molecule has 1 aliphatic heterocycles. The molecule has 3 heterocycles. The lowest BCUT2D eigenvalue weighted by molar-refractivity contribution is 0.685. The summed E-state index contributed by atoms with van der Waals surface area (Å²) in [5.41, 5.74) is 2.65. The summed E-state index contributed by atoms with van der Waals surface area (Å²) < 4.78 is 1.18. The summed E-state index contributed by atoms with van der Waals surface area (Å²) in [6.45, 7) is 3.27. The van der Waals surface area contributed by atoms with Gasteiger partial charge in [-0.15, -0.1) is 0 Å². The van der Waals surface area contributed by atoms with Crippen molar-refractivity contribution in [3.63, 3.8) is 0 Å². The first-order valence-electron chi connectivity index (χ1n) is 8.79. The Labute approximate surface area is 176 Å². The molecule has 0 fully saturated rings. The molecule has 6 nitrogen and oxygen atoms in total. The van der Waals surface area contributed by atoms with Gasteiger partial charge in [-0.25, -0.2) is 9.97 Å². The highest BCUT2D eigenvalue weighted by Gasteiger charge is 2.23. The maximum absolute atomic E-state index is 12.8. The van der Waals surface area contributed by atoms with Crippen LogP contribution in [-0.2, 0) is 19.4 Å². The Hall–Kier alpha value is -2.15. The van der Waals surface area contributed by atoms with Crippen LogP contribution in [0.5, 0.6) is 0 Å². The molecule has 1 aromatic carbocycles. The first kappa shape index (κ1) is 19.2. The van der Waals surface area contributed by atoms with Gasteiger partial charge in [0.2, 0.25) is 0 Å². The zero-order chi connectivity index (χ0) is 19.8. The van der Waals surface area contributed by atoms with Gasteiger partial charge in [-0.05, 0) is 30.2 Å². The van der Waals surface area contributed by atoms with Gasteiger partial charge in [-0.2, -0.15) is 9.78 Å². The highest BCUT2D eigenvalue weighted by molar-refractivity contribution is 6.36. The third kappa shape index (κ3) is 3.48. The van der Waals surface area contributed by atoms with Crippen molar-refractivity contribution in [2.75, 3.05) is 11.4 Å². The molecule has 9 heteroatoms. The van der Waals surface area contributed by atoms with E-state index >= 15 is 0 Å². The minimum absolute atomic E-state index is 0.0919. The number of halogens is 3. The maximum Gasteiger partial charge on any atom is 0.292 e. The van der Waals surface area contributed by atoms with Gasteiger partial charge in [0.15, 0.2) is 0 Å². The van der Waals surface area contributed by atoms with Crippen molar-refractivity contribution in [2.45, 2.75) is 26.3 Å². The molecule has 0 amide bonds. The smallest absolute Gasteiger partial charge is 0.292 e. The van der Waals surface area contributed by atoms with Crippen molar-refractivity contribution in [1.82, 2.24) is 19.7 Å². The first-order chi connectivity index (χ1) is 13.5. The van der Waals surface area contributed by atoms with Crippen molar-refractivity contribution < 1.29 is 0 Å². The van der Waals surface area contributed by atoms with Crippen LogP contribution in [0.3, 0.4) is 0 Å². The van der Waals surface area contributed by atoms with Gasteiger partial charge in [0.25, 0.3) is 5.56 Å². The van der Waals surface area contributed by atoms with Crippen molar-refractivity contribution in [1.29, 1.82) is 0 Å². The van der Waals surface area contributed by atoms with E-state index in [9.17, 15) is 4.79 Å². The number of hydrogen-bond acceptors (Lipinski definition) is 5.